The molecule has 0 saturated carbocycles. The summed E-state index contributed by atoms with van der Waals surface area (Å²) in [5.74, 6) is -0.138. The third-order valence-electron chi connectivity index (χ3n) is 5.26. The van der Waals surface area contributed by atoms with E-state index in [9.17, 15) is 9.59 Å². The van der Waals surface area contributed by atoms with Crippen LogP contribution in [-0.4, -0.2) is 34.3 Å². The van der Waals surface area contributed by atoms with Crippen LogP contribution in [0, 0.1) is 6.92 Å². The van der Waals surface area contributed by atoms with Crippen molar-refractivity contribution < 1.29 is 9.59 Å². The first-order chi connectivity index (χ1) is 15.8. The fourth-order valence-corrected chi connectivity index (χ4v) is 4.72. The van der Waals surface area contributed by atoms with Gasteiger partial charge in [-0.2, -0.15) is 0 Å². The van der Waals surface area contributed by atoms with E-state index in [1.54, 1.807) is 34.4 Å². The summed E-state index contributed by atoms with van der Waals surface area (Å²) in [6.45, 7) is 6.65. The van der Waals surface area contributed by atoms with Crippen LogP contribution in [-0.2, 0) is 17.9 Å². The Morgan fingerprint density at radius 2 is 1.64 bits per heavy atom. The zero-order valence-electron chi connectivity index (χ0n) is 18.8. The summed E-state index contributed by atoms with van der Waals surface area (Å²) in [6.07, 6.45) is 0. The van der Waals surface area contributed by atoms with Gasteiger partial charge in [-0.3, -0.25) is 4.79 Å². The number of para-hydroxylation sites is 1. The predicted octanol–water partition coefficient (Wildman–Crippen LogP) is 6.83. The molecule has 3 aromatic rings. The number of thiophene rings is 1. The minimum atomic E-state index is -0.430. The molecule has 0 unspecified atom stereocenters. The summed E-state index contributed by atoms with van der Waals surface area (Å²) < 4.78 is 0. The van der Waals surface area contributed by atoms with E-state index in [2.05, 4.69) is 5.32 Å². The summed E-state index contributed by atoms with van der Waals surface area (Å²) in [7, 11) is 0. The summed E-state index contributed by atoms with van der Waals surface area (Å²) in [6, 6.07) is 16.3. The Morgan fingerprint density at radius 3 is 2.21 bits per heavy atom. The van der Waals surface area contributed by atoms with Crippen molar-refractivity contribution in [2.75, 3.05) is 11.9 Å². The first-order valence-electron chi connectivity index (χ1n) is 10.6. The van der Waals surface area contributed by atoms with Gasteiger partial charge in [-0.15, -0.1) is 11.3 Å². The monoisotopic (exact) mass is 503 g/mol. The minimum Gasteiger partial charge on any atom is -0.332 e. The lowest BCUT2D eigenvalue weighted by Gasteiger charge is -2.30. The highest BCUT2D eigenvalue weighted by atomic mass is 35.5. The van der Waals surface area contributed by atoms with Gasteiger partial charge in [0.05, 0.1) is 22.3 Å². The molecular formula is C25H27Cl2N3O2S. The average molecular weight is 504 g/mol. The number of amides is 3. The topological polar surface area (TPSA) is 52.7 Å². The van der Waals surface area contributed by atoms with Crippen molar-refractivity contribution in [3.8, 4) is 0 Å². The standard InChI is InChI=1S/C25H27Cl2N3O2S/c1-17(2)30(25(32)28-24-20(26)10-7-11-21(24)27)16-23(31)29(14-19-8-5-4-6-9-19)15-22-18(3)12-13-33-22/h4-13,17H,14-16H2,1-3H3,(H,28,32). The fourth-order valence-electron chi connectivity index (χ4n) is 3.31. The Kier molecular flexibility index (Phi) is 8.78. The van der Waals surface area contributed by atoms with Crippen molar-refractivity contribution in [1.29, 1.82) is 0 Å². The second-order valence-electron chi connectivity index (χ2n) is 8.01. The van der Waals surface area contributed by atoms with Crippen LogP contribution >= 0.6 is 34.5 Å². The van der Waals surface area contributed by atoms with Gasteiger partial charge in [-0.05, 0) is 55.5 Å². The molecule has 3 amide bonds. The van der Waals surface area contributed by atoms with E-state index in [4.69, 9.17) is 23.2 Å². The maximum Gasteiger partial charge on any atom is 0.322 e. The first-order valence-corrected chi connectivity index (χ1v) is 12.3. The molecule has 0 aliphatic heterocycles. The van der Waals surface area contributed by atoms with Crippen LogP contribution < -0.4 is 5.32 Å². The third-order valence-corrected chi connectivity index (χ3v) is 6.89. The van der Waals surface area contributed by atoms with E-state index < -0.39 is 6.03 Å². The summed E-state index contributed by atoms with van der Waals surface area (Å²) >= 11 is 14.0. The van der Waals surface area contributed by atoms with Crippen LogP contribution in [0.1, 0.15) is 29.9 Å². The maximum atomic E-state index is 13.4. The number of hydrogen-bond acceptors (Lipinski definition) is 3. The highest BCUT2D eigenvalue weighted by Gasteiger charge is 2.25. The molecule has 33 heavy (non-hydrogen) atoms. The Labute approximate surface area is 208 Å². The molecule has 0 atom stereocenters. The van der Waals surface area contributed by atoms with Crippen molar-refractivity contribution in [2.45, 2.75) is 39.9 Å². The predicted molar refractivity (Wildman–Crippen MR) is 137 cm³/mol. The van der Waals surface area contributed by atoms with Crippen LogP contribution in [0.15, 0.2) is 60.0 Å². The molecule has 0 saturated heterocycles. The third kappa shape index (κ3) is 6.73. The van der Waals surface area contributed by atoms with Crippen LogP contribution in [0.25, 0.3) is 0 Å². The van der Waals surface area contributed by atoms with Gasteiger partial charge in [0.2, 0.25) is 5.91 Å². The van der Waals surface area contributed by atoms with E-state index in [-0.39, 0.29) is 18.5 Å². The summed E-state index contributed by atoms with van der Waals surface area (Å²) in [5.41, 5.74) is 2.51. The number of benzene rings is 2. The second kappa shape index (κ2) is 11.5. The number of aryl methyl sites for hydroxylation is 1. The number of anilines is 1. The molecule has 2 aromatic carbocycles. The van der Waals surface area contributed by atoms with Crippen molar-refractivity contribution >= 4 is 52.2 Å². The van der Waals surface area contributed by atoms with Gasteiger partial charge >= 0.3 is 6.03 Å². The van der Waals surface area contributed by atoms with Gasteiger partial charge in [0.1, 0.15) is 6.54 Å². The number of carbonyl (C=O) groups is 2. The van der Waals surface area contributed by atoms with E-state index in [1.165, 1.54) is 4.90 Å². The fraction of sp³-hybridized carbons (Fsp3) is 0.280. The molecule has 1 aromatic heterocycles. The summed E-state index contributed by atoms with van der Waals surface area (Å²) in [5, 5.41) is 5.46. The van der Waals surface area contributed by atoms with Crippen molar-refractivity contribution in [3.63, 3.8) is 0 Å². The largest absolute Gasteiger partial charge is 0.332 e. The molecule has 0 fully saturated rings. The highest BCUT2D eigenvalue weighted by Crippen LogP contribution is 2.30. The molecule has 174 valence electrons. The lowest BCUT2D eigenvalue weighted by atomic mass is 10.2. The SMILES string of the molecule is Cc1ccsc1CN(Cc1ccccc1)C(=O)CN(C(=O)Nc1c(Cl)cccc1Cl)C(C)C. The molecule has 1 heterocycles. The molecule has 0 radical (unpaired) electrons. The Bertz CT molecular complexity index is 1080. The molecule has 8 heteroatoms. The quantitative estimate of drug-likeness (QED) is 0.365. The molecule has 5 nitrogen and oxygen atoms in total. The number of urea groups is 1. The van der Waals surface area contributed by atoms with E-state index in [0.29, 0.717) is 28.8 Å². The number of halogens is 2. The number of hydrogen-bond donors (Lipinski definition) is 1. The van der Waals surface area contributed by atoms with Crippen molar-refractivity contribution in [1.82, 2.24) is 9.80 Å². The molecule has 3 rings (SSSR count). The normalized spacial score (nSPS) is 10.8. The molecule has 0 spiro atoms. The number of carbonyl (C=O) groups excluding carboxylic acids is 2. The highest BCUT2D eigenvalue weighted by molar-refractivity contribution is 7.10. The lowest BCUT2D eigenvalue weighted by Crippen LogP contribution is -2.47. The zero-order valence-corrected chi connectivity index (χ0v) is 21.2. The summed E-state index contributed by atoms with van der Waals surface area (Å²) in [4.78, 5) is 30.9. The Balaban J connectivity index is 1.79. The average Bonchev–Trinajstić information content (AvgIpc) is 3.18. The van der Waals surface area contributed by atoms with Crippen molar-refractivity contribution in [3.05, 3.63) is 86.0 Å². The van der Waals surface area contributed by atoms with Gasteiger partial charge in [0.25, 0.3) is 0 Å². The van der Waals surface area contributed by atoms with E-state index in [1.807, 2.05) is 62.5 Å². The van der Waals surface area contributed by atoms with Crippen molar-refractivity contribution in [2.24, 2.45) is 0 Å². The Morgan fingerprint density at radius 1 is 0.970 bits per heavy atom. The first kappa shape index (κ1) is 25.1. The van der Waals surface area contributed by atoms with Crippen LogP contribution in [0.3, 0.4) is 0 Å². The smallest absolute Gasteiger partial charge is 0.322 e. The number of nitrogens with zero attached hydrogens (tertiary/aromatic N) is 2. The van der Waals surface area contributed by atoms with Gasteiger partial charge in [0, 0.05) is 17.5 Å². The minimum absolute atomic E-state index is 0.0666. The van der Waals surface area contributed by atoms with Gasteiger partial charge in [0.15, 0.2) is 0 Å². The van der Waals surface area contributed by atoms with Gasteiger partial charge in [-0.25, -0.2) is 4.79 Å². The van der Waals surface area contributed by atoms with Gasteiger partial charge < -0.3 is 15.1 Å². The Hall–Kier alpha value is -2.54. The molecule has 1 N–H and O–H groups in total. The van der Waals surface area contributed by atoms with E-state index >= 15 is 0 Å². The zero-order chi connectivity index (χ0) is 24.0. The molecule has 0 bridgehead atoms. The molecule has 0 aliphatic rings. The lowest BCUT2D eigenvalue weighted by molar-refractivity contribution is -0.133. The van der Waals surface area contributed by atoms with Crippen LogP contribution in [0.5, 0.6) is 0 Å². The van der Waals surface area contributed by atoms with Crippen LogP contribution in [0.2, 0.25) is 10.0 Å². The van der Waals surface area contributed by atoms with Crippen LogP contribution in [0.4, 0.5) is 10.5 Å². The van der Waals surface area contributed by atoms with E-state index in [0.717, 1.165) is 16.0 Å². The molecular weight excluding hydrogens is 477 g/mol. The van der Waals surface area contributed by atoms with Gasteiger partial charge in [-0.1, -0.05) is 59.6 Å². The second-order valence-corrected chi connectivity index (χ2v) is 9.83. The molecule has 0 aliphatic carbocycles. The maximum absolute atomic E-state index is 13.4. The number of nitrogens with one attached hydrogen (secondary N) is 1. The number of rotatable bonds is 8.